The Bertz CT molecular complexity index is 604. The third kappa shape index (κ3) is 4.82. The molecule has 1 nitrogen and oxygen atoms in total. The normalized spacial score (nSPS) is 13.1. The third-order valence-corrected chi connectivity index (χ3v) is 4.91. The van der Waals surface area contributed by atoms with Crippen molar-refractivity contribution in [2.24, 2.45) is 0 Å². The van der Waals surface area contributed by atoms with Crippen LogP contribution in [0.4, 0.5) is 0 Å². The van der Waals surface area contributed by atoms with Crippen molar-refractivity contribution in [3.05, 3.63) is 70.8 Å². The standard InChI is InChI=1S/C19H24OS/c1-15-5-7-16(8-6-15)13-21(20)14-17-9-11-18(12-10-17)19(2,3)4/h5-12H,13-14H2,1-4H3. The van der Waals surface area contributed by atoms with E-state index >= 15 is 0 Å². The molecule has 0 aliphatic carbocycles. The predicted molar refractivity (Wildman–Crippen MR) is 91.9 cm³/mol. The first-order valence-corrected chi connectivity index (χ1v) is 8.83. The average molecular weight is 300 g/mol. The Morgan fingerprint density at radius 3 is 1.67 bits per heavy atom. The van der Waals surface area contributed by atoms with Crippen molar-refractivity contribution in [2.75, 3.05) is 0 Å². The van der Waals surface area contributed by atoms with Gasteiger partial charge in [-0.1, -0.05) is 74.9 Å². The number of hydrogen-bond donors (Lipinski definition) is 0. The summed E-state index contributed by atoms with van der Waals surface area (Å²) in [5, 5.41) is 0. The molecule has 21 heavy (non-hydrogen) atoms. The van der Waals surface area contributed by atoms with Gasteiger partial charge in [0.25, 0.3) is 0 Å². The molecule has 0 aliphatic rings. The van der Waals surface area contributed by atoms with Crippen molar-refractivity contribution in [2.45, 2.75) is 44.6 Å². The molecule has 0 spiro atoms. The van der Waals surface area contributed by atoms with Gasteiger partial charge in [-0.05, 0) is 29.0 Å². The molecule has 0 amide bonds. The van der Waals surface area contributed by atoms with E-state index in [1.165, 1.54) is 11.1 Å². The van der Waals surface area contributed by atoms with Gasteiger partial charge in [-0.3, -0.25) is 4.21 Å². The largest absolute Gasteiger partial charge is 0.259 e. The van der Waals surface area contributed by atoms with Crippen LogP contribution in [0.1, 0.15) is 43.0 Å². The lowest BCUT2D eigenvalue weighted by Gasteiger charge is -2.19. The first-order chi connectivity index (χ1) is 9.84. The van der Waals surface area contributed by atoms with Crippen molar-refractivity contribution < 1.29 is 4.21 Å². The van der Waals surface area contributed by atoms with Crippen molar-refractivity contribution in [3.8, 4) is 0 Å². The SMILES string of the molecule is Cc1ccc(CS(=O)Cc2ccc(C(C)(C)C)cc2)cc1. The summed E-state index contributed by atoms with van der Waals surface area (Å²) in [6, 6.07) is 16.8. The fraction of sp³-hybridized carbons (Fsp3) is 0.368. The van der Waals surface area contributed by atoms with Crippen LogP contribution in [0.15, 0.2) is 48.5 Å². The summed E-state index contributed by atoms with van der Waals surface area (Å²) in [5.41, 5.74) is 5.01. The molecule has 0 N–H and O–H groups in total. The molecular formula is C19H24OS. The zero-order valence-electron chi connectivity index (χ0n) is 13.3. The summed E-state index contributed by atoms with van der Waals surface area (Å²) in [6.07, 6.45) is 0. The van der Waals surface area contributed by atoms with Crippen LogP contribution in [0.25, 0.3) is 0 Å². The molecule has 0 radical (unpaired) electrons. The fourth-order valence-electron chi connectivity index (χ4n) is 2.21. The number of benzene rings is 2. The van der Waals surface area contributed by atoms with E-state index in [4.69, 9.17) is 0 Å². The van der Waals surface area contributed by atoms with Gasteiger partial charge in [-0.15, -0.1) is 0 Å². The van der Waals surface area contributed by atoms with Crippen LogP contribution in [0.5, 0.6) is 0 Å². The Morgan fingerprint density at radius 1 is 0.810 bits per heavy atom. The van der Waals surface area contributed by atoms with Crippen LogP contribution in [0.3, 0.4) is 0 Å². The summed E-state index contributed by atoms with van der Waals surface area (Å²) >= 11 is 0. The second-order valence-electron chi connectivity index (χ2n) is 6.66. The van der Waals surface area contributed by atoms with E-state index in [9.17, 15) is 4.21 Å². The van der Waals surface area contributed by atoms with E-state index in [0.29, 0.717) is 11.5 Å². The monoisotopic (exact) mass is 300 g/mol. The fourth-order valence-corrected chi connectivity index (χ4v) is 3.44. The molecular weight excluding hydrogens is 276 g/mol. The lowest BCUT2D eigenvalue weighted by molar-refractivity contribution is 0.590. The van der Waals surface area contributed by atoms with Gasteiger partial charge in [-0.2, -0.15) is 0 Å². The van der Waals surface area contributed by atoms with Crippen LogP contribution < -0.4 is 0 Å². The molecule has 2 heteroatoms. The molecule has 112 valence electrons. The van der Waals surface area contributed by atoms with Gasteiger partial charge in [0.1, 0.15) is 0 Å². The molecule has 2 aromatic carbocycles. The maximum absolute atomic E-state index is 12.3. The van der Waals surface area contributed by atoms with E-state index in [1.807, 2.05) is 0 Å². The Balaban J connectivity index is 1.98. The van der Waals surface area contributed by atoms with Gasteiger partial charge in [0, 0.05) is 22.3 Å². The Hall–Kier alpha value is -1.41. The van der Waals surface area contributed by atoms with Crippen molar-refractivity contribution in [1.29, 1.82) is 0 Å². The van der Waals surface area contributed by atoms with Gasteiger partial charge >= 0.3 is 0 Å². The highest BCUT2D eigenvalue weighted by atomic mass is 32.2. The maximum Gasteiger partial charge on any atom is 0.0489 e. The Kier molecular flexibility index (Phi) is 5.00. The lowest BCUT2D eigenvalue weighted by atomic mass is 9.87. The van der Waals surface area contributed by atoms with Gasteiger partial charge in [0.05, 0.1) is 0 Å². The highest BCUT2D eigenvalue weighted by Gasteiger charge is 2.13. The van der Waals surface area contributed by atoms with E-state index in [2.05, 4.69) is 76.2 Å². The Morgan fingerprint density at radius 2 is 1.24 bits per heavy atom. The second-order valence-corrected chi connectivity index (χ2v) is 8.12. The molecule has 0 saturated carbocycles. The number of aryl methyl sites for hydroxylation is 1. The van der Waals surface area contributed by atoms with Crippen LogP contribution >= 0.6 is 0 Å². The smallest absolute Gasteiger partial charge is 0.0489 e. The van der Waals surface area contributed by atoms with Gasteiger partial charge in [0.2, 0.25) is 0 Å². The van der Waals surface area contributed by atoms with Crippen LogP contribution in [-0.4, -0.2) is 4.21 Å². The quantitative estimate of drug-likeness (QED) is 0.797. The van der Waals surface area contributed by atoms with Crippen molar-refractivity contribution >= 4 is 10.8 Å². The van der Waals surface area contributed by atoms with Crippen LogP contribution in [0.2, 0.25) is 0 Å². The third-order valence-electron chi connectivity index (χ3n) is 3.60. The Labute approximate surface area is 130 Å². The minimum absolute atomic E-state index is 0.166. The zero-order chi connectivity index (χ0) is 15.5. The van der Waals surface area contributed by atoms with E-state index < -0.39 is 10.8 Å². The molecule has 1 unspecified atom stereocenters. The van der Waals surface area contributed by atoms with Crippen molar-refractivity contribution in [3.63, 3.8) is 0 Å². The molecule has 0 aromatic heterocycles. The van der Waals surface area contributed by atoms with Crippen molar-refractivity contribution in [1.82, 2.24) is 0 Å². The van der Waals surface area contributed by atoms with Crippen LogP contribution in [-0.2, 0) is 27.7 Å². The predicted octanol–water partition coefficient (Wildman–Crippen LogP) is 4.74. The molecule has 0 bridgehead atoms. The van der Waals surface area contributed by atoms with Gasteiger partial charge < -0.3 is 0 Å². The summed E-state index contributed by atoms with van der Waals surface area (Å²) in [5.74, 6) is 1.25. The molecule has 2 rings (SSSR count). The second kappa shape index (κ2) is 6.57. The molecule has 0 aliphatic heterocycles. The van der Waals surface area contributed by atoms with Gasteiger partial charge in [0.15, 0.2) is 0 Å². The van der Waals surface area contributed by atoms with Gasteiger partial charge in [-0.25, -0.2) is 0 Å². The number of hydrogen-bond acceptors (Lipinski definition) is 1. The zero-order valence-corrected chi connectivity index (χ0v) is 14.2. The summed E-state index contributed by atoms with van der Waals surface area (Å²) in [4.78, 5) is 0. The minimum atomic E-state index is -0.856. The maximum atomic E-state index is 12.3. The highest BCUT2D eigenvalue weighted by Crippen LogP contribution is 2.22. The van der Waals surface area contributed by atoms with Crippen LogP contribution in [0, 0.1) is 6.92 Å². The first-order valence-electron chi connectivity index (χ1n) is 7.34. The number of rotatable bonds is 4. The summed E-state index contributed by atoms with van der Waals surface area (Å²) in [7, 11) is -0.856. The molecule has 0 fully saturated rings. The van der Waals surface area contributed by atoms with E-state index in [1.54, 1.807) is 0 Å². The molecule has 1 atom stereocenters. The highest BCUT2D eigenvalue weighted by molar-refractivity contribution is 7.83. The van der Waals surface area contributed by atoms with E-state index in [0.717, 1.165) is 11.1 Å². The molecule has 0 saturated heterocycles. The first kappa shape index (κ1) is 16.0. The lowest BCUT2D eigenvalue weighted by Crippen LogP contribution is -2.10. The minimum Gasteiger partial charge on any atom is -0.259 e. The van der Waals surface area contributed by atoms with E-state index in [-0.39, 0.29) is 5.41 Å². The molecule has 2 aromatic rings. The average Bonchev–Trinajstić information content (AvgIpc) is 2.41. The topological polar surface area (TPSA) is 17.1 Å². The summed E-state index contributed by atoms with van der Waals surface area (Å²) in [6.45, 7) is 8.68. The summed E-state index contributed by atoms with van der Waals surface area (Å²) < 4.78 is 12.3. The molecule has 0 heterocycles.